The molecule has 1 N–H and O–H groups in total. The minimum atomic E-state index is -0.855. The zero-order chi connectivity index (χ0) is 11.3. The molecule has 86 valence electrons. The van der Waals surface area contributed by atoms with Crippen molar-refractivity contribution >= 4 is 5.97 Å². The molecule has 0 aromatic rings. The molecule has 1 aliphatic rings. The molecular formula is C12H21NO2. The van der Waals surface area contributed by atoms with Crippen LogP contribution in [0.5, 0.6) is 0 Å². The number of carboxylic acid groups (broad SMARTS) is 1. The number of carbonyl (C=O) groups is 1. The molecule has 0 amide bonds. The van der Waals surface area contributed by atoms with Crippen LogP contribution < -0.4 is 0 Å². The molecule has 15 heavy (non-hydrogen) atoms. The molecule has 0 bridgehead atoms. The van der Waals surface area contributed by atoms with Crippen LogP contribution in [-0.4, -0.2) is 35.6 Å². The zero-order valence-electron chi connectivity index (χ0n) is 9.70. The Bertz CT molecular complexity index is 244. The van der Waals surface area contributed by atoms with Crippen molar-refractivity contribution in [3.05, 3.63) is 12.2 Å². The van der Waals surface area contributed by atoms with Crippen molar-refractivity contribution in [3.8, 4) is 0 Å². The summed E-state index contributed by atoms with van der Waals surface area (Å²) in [4.78, 5) is 12.6. The van der Waals surface area contributed by atoms with Gasteiger partial charge in [0, 0.05) is 19.2 Å². The van der Waals surface area contributed by atoms with Gasteiger partial charge in [0.1, 0.15) is 0 Å². The smallest absolute Gasteiger partial charge is 0.328 e. The third-order valence-electron chi connectivity index (χ3n) is 3.64. The standard InChI is InChI=1S/C12H21NO2/c1-3-12(4-2)7-9-13(10-12)8-5-6-11(14)15/h5-6H,3-4,7-10H2,1-2H3,(H,14,15). The van der Waals surface area contributed by atoms with E-state index in [4.69, 9.17) is 5.11 Å². The summed E-state index contributed by atoms with van der Waals surface area (Å²) in [5.74, 6) is -0.855. The lowest BCUT2D eigenvalue weighted by molar-refractivity contribution is -0.131. The van der Waals surface area contributed by atoms with Gasteiger partial charge in [0.05, 0.1) is 0 Å². The van der Waals surface area contributed by atoms with Gasteiger partial charge in [-0.3, -0.25) is 4.90 Å². The lowest BCUT2D eigenvalue weighted by Gasteiger charge is -2.26. The largest absolute Gasteiger partial charge is 0.478 e. The van der Waals surface area contributed by atoms with E-state index >= 15 is 0 Å². The Morgan fingerprint density at radius 2 is 2.13 bits per heavy atom. The van der Waals surface area contributed by atoms with E-state index in [-0.39, 0.29) is 0 Å². The van der Waals surface area contributed by atoms with Crippen LogP contribution in [0, 0.1) is 5.41 Å². The second-order valence-electron chi connectivity index (χ2n) is 4.43. The molecule has 0 saturated carbocycles. The van der Waals surface area contributed by atoms with Crippen LogP contribution in [0.4, 0.5) is 0 Å². The molecule has 3 heteroatoms. The second-order valence-corrected chi connectivity index (χ2v) is 4.43. The number of hydrogen-bond acceptors (Lipinski definition) is 2. The van der Waals surface area contributed by atoms with Crippen molar-refractivity contribution in [3.63, 3.8) is 0 Å². The second kappa shape index (κ2) is 5.31. The highest BCUT2D eigenvalue weighted by Gasteiger charge is 2.33. The molecule has 0 aliphatic carbocycles. The van der Waals surface area contributed by atoms with E-state index in [0.717, 1.165) is 19.6 Å². The SMILES string of the molecule is CCC1(CC)CCN(CC=CC(=O)O)C1. The summed E-state index contributed by atoms with van der Waals surface area (Å²) in [6.45, 7) is 7.49. The molecule has 1 fully saturated rings. The van der Waals surface area contributed by atoms with Crippen molar-refractivity contribution in [1.29, 1.82) is 0 Å². The summed E-state index contributed by atoms with van der Waals surface area (Å²) in [6.07, 6.45) is 6.67. The first-order chi connectivity index (χ1) is 7.12. The molecule has 0 spiro atoms. The Labute approximate surface area is 91.8 Å². The van der Waals surface area contributed by atoms with Gasteiger partial charge in [-0.1, -0.05) is 19.9 Å². The van der Waals surface area contributed by atoms with Gasteiger partial charge in [0.15, 0.2) is 0 Å². The Hall–Kier alpha value is -0.830. The molecule has 1 heterocycles. The van der Waals surface area contributed by atoms with E-state index in [2.05, 4.69) is 18.7 Å². The lowest BCUT2D eigenvalue weighted by Crippen LogP contribution is -2.26. The van der Waals surface area contributed by atoms with Crippen LogP contribution in [0.2, 0.25) is 0 Å². The number of aliphatic carboxylic acids is 1. The van der Waals surface area contributed by atoms with Crippen LogP contribution in [0.3, 0.4) is 0 Å². The van der Waals surface area contributed by atoms with E-state index in [1.807, 2.05) is 0 Å². The van der Waals surface area contributed by atoms with Crippen molar-refractivity contribution in [1.82, 2.24) is 4.90 Å². The van der Waals surface area contributed by atoms with Crippen LogP contribution in [-0.2, 0) is 4.79 Å². The van der Waals surface area contributed by atoms with E-state index in [1.54, 1.807) is 6.08 Å². The molecule has 1 saturated heterocycles. The fourth-order valence-electron chi connectivity index (χ4n) is 2.31. The van der Waals surface area contributed by atoms with E-state index in [1.165, 1.54) is 25.3 Å². The summed E-state index contributed by atoms with van der Waals surface area (Å²) in [5, 5.41) is 8.48. The third kappa shape index (κ3) is 3.34. The Kier molecular flexibility index (Phi) is 4.33. The van der Waals surface area contributed by atoms with E-state index in [9.17, 15) is 4.79 Å². The van der Waals surface area contributed by atoms with Gasteiger partial charge in [-0.15, -0.1) is 0 Å². The van der Waals surface area contributed by atoms with Gasteiger partial charge in [-0.25, -0.2) is 4.79 Å². The average molecular weight is 211 g/mol. The monoisotopic (exact) mass is 211 g/mol. The highest BCUT2D eigenvalue weighted by atomic mass is 16.4. The summed E-state index contributed by atoms with van der Waals surface area (Å²) < 4.78 is 0. The highest BCUT2D eigenvalue weighted by Crippen LogP contribution is 2.36. The van der Waals surface area contributed by atoms with Crippen LogP contribution >= 0.6 is 0 Å². The summed E-state index contributed by atoms with van der Waals surface area (Å²) in [6, 6.07) is 0. The summed E-state index contributed by atoms with van der Waals surface area (Å²) in [7, 11) is 0. The Morgan fingerprint density at radius 3 is 2.60 bits per heavy atom. The normalized spacial score (nSPS) is 21.2. The van der Waals surface area contributed by atoms with Crippen molar-refractivity contribution < 1.29 is 9.90 Å². The number of nitrogens with zero attached hydrogens (tertiary/aromatic N) is 1. The minimum Gasteiger partial charge on any atom is -0.478 e. The van der Waals surface area contributed by atoms with Gasteiger partial charge in [-0.2, -0.15) is 0 Å². The van der Waals surface area contributed by atoms with Crippen LogP contribution in [0.15, 0.2) is 12.2 Å². The molecule has 0 unspecified atom stereocenters. The van der Waals surface area contributed by atoms with E-state index in [0.29, 0.717) is 5.41 Å². The maximum atomic E-state index is 10.3. The molecule has 1 rings (SSSR count). The third-order valence-corrected chi connectivity index (χ3v) is 3.64. The van der Waals surface area contributed by atoms with Gasteiger partial charge < -0.3 is 5.11 Å². The number of hydrogen-bond donors (Lipinski definition) is 1. The van der Waals surface area contributed by atoms with Crippen molar-refractivity contribution in [2.24, 2.45) is 5.41 Å². The molecule has 0 atom stereocenters. The Morgan fingerprint density at radius 1 is 1.47 bits per heavy atom. The summed E-state index contributed by atoms with van der Waals surface area (Å²) >= 11 is 0. The van der Waals surface area contributed by atoms with Crippen molar-refractivity contribution in [2.75, 3.05) is 19.6 Å². The fourth-order valence-corrected chi connectivity index (χ4v) is 2.31. The lowest BCUT2D eigenvalue weighted by atomic mass is 9.82. The quantitative estimate of drug-likeness (QED) is 0.708. The number of likely N-dealkylation sites (tertiary alicyclic amines) is 1. The maximum Gasteiger partial charge on any atom is 0.328 e. The minimum absolute atomic E-state index is 0.483. The molecular weight excluding hydrogens is 190 g/mol. The summed E-state index contributed by atoms with van der Waals surface area (Å²) in [5.41, 5.74) is 0.483. The molecule has 0 aromatic carbocycles. The fraction of sp³-hybridized carbons (Fsp3) is 0.750. The molecule has 0 radical (unpaired) electrons. The van der Waals surface area contributed by atoms with Gasteiger partial charge in [-0.05, 0) is 31.2 Å². The van der Waals surface area contributed by atoms with Crippen molar-refractivity contribution in [2.45, 2.75) is 33.1 Å². The van der Waals surface area contributed by atoms with Gasteiger partial charge in [0.25, 0.3) is 0 Å². The first-order valence-corrected chi connectivity index (χ1v) is 5.74. The maximum absolute atomic E-state index is 10.3. The van der Waals surface area contributed by atoms with E-state index < -0.39 is 5.97 Å². The van der Waals surface area contributed by atoms with Crippen LogP contribution in [0.1, 0.15) is 33.1 Å². The van der Waals surface area contributed by atoms with Crippen LogP contribution in [0.25, 0.3) is 0 Å². The van der Waals surface area contributed by atoms with Gasteiger partial charge >= 0.3 is 5.97 Å². The molecule has 0 aromatic heterocycles. The number of carboxylic acids is 1. The zero-order valence-corrected chi connectivity index (χ0v) is 9.70. The predicted octanol–water partition coefficient (Wildman–Crippen LogP) is 2.14. The molecule has 3 nitrogen and oxygen atoms in total. The number of rotatable bonds is 5. The first-order valence-electron chi connectivity index (χ1n) is 5.74. The Balaban J connectivity index is 2.39. The topological polar surface area (TPSA) is 40.5 Å². The average Bonchev–Trinajstić information content (AvgIpc) is 2.62. The predicted molar refractivity (Wildman–Crippen MR) is 60.8 cm³/mol. The first kappa shape index (κ1) is 12.2. The highest BCUT2D eigenvalue weighted by molar-refractivity contribution is 5.79. The van der Waals surface area contributed by atoms with Gasteiger partial charge in [0.2, 0.25) is 0 Å². The molecule has 1 aliphatic heterocycles.